The van der Waals surface area contributed by atoms with Gasteiger partial charge in [0.2, 0.25) is 0 Å². The first-order valence-electron chi connectivity index (χ1n) is 7.25. The molecular formula is C18H15NO3S. The molecule has 0 radical (unpaired) electrons. The van der Waals surface area contributed by atoms with E-state index >= 15 is 0 Å². The number of phenols is 1. The van der Waals surface area contributed by atoms with Gasteiger partial charge in [0.25, 0.3) is 11.1 Å². The van der Waals surface area contributed by atoms with Crippen LogP contribution in [0.3, 0.4) is 0 Å². The Morgan fingerprint density at radius 3 is 2.65 bits per heavy atom. The predicted molar refractivity (Wildman–Crippen MR) is 92.4 cm³/mol. The van der Waals surface area contributed by atoms with Crippen molar-refractivity contribution < 1.29 is 14.7 Å². The highest BCUT2D eigenvalue weighted by Crippen LogP contribution is 2.37. The number of thioether (sulfide) groups is 1. The highest BCUT2D eigenvalue weighted by molar-refractivity contribution is 8.19. The average Bonchev–Trinajstić information content (AvgIpc) is 2.81. The van der Waals surface area contributed by atoms with Crippen molar-refractivity contribution in [1.82, 2.24) is 0 Å². The summed E-state index contributed by atoms with van der Waals surface area (Å²) in [4.78, 5) is 26.5. The van der Waals surface area contributed by atoms with Gasteiger partial charge >= 0.3 is 0 Å². The molecule has 5 heteroatoms. The smallest absolute Gasteiger partial charge is 0.298 e. The van der Waals surface area contributed by atoms with Gasteiger partial charge in [-0.25, -0.2) is 4.90 Å². The fraction of sp³-hybridized carbons (Fsp3) is 0.111. The van der Waals surface area contributed by atoms with Crippen LogP contribution in [-0.2, 0) is 11.2 Å². The first-order chi connectivity index (χ1) is 11.1. The standard InChI is InChI=1S/C18H15NO3S/c1-2-13-7-3-4-9-15(13)19-17(21)16(23-18(19)22)11-12-6-5-8-14(20)10-12/h3-11,20H,2H2,1H3/b16-11-. The fourth-order valence-corrected chi connectivity index (χ4v) is 3.30. The van der Waals surface area contributed by atoms with E-state index in [-0.39, 0.29) is 16.9 Å². The zero-order valence-electron chi connectivity index (χ0n) is 12.5. The van der Waals surface area contributed by atoms with Gasteiger partial charge in [0.15, 0.2) is 0 Å². The van der Waals surface area contributed by atoms with E-state index in [1.54, 1.807) is 36.4 Å². The van der Waals surface area contributed by atoms with Gasteiger partial charge in [0.05, 0.1) is 10.6 Å². The number of carbonyl (C=O) groups excluding carboxylic acids is 2. The lowest BCUT2D eigenvalue weighted by Gasteiger charge is -2.16. The number of aryl methyl sites for hydroxylation is 1. The van der Waals surface area contributed by atoms with Crippen LogP contribution in [0.1, 0.15) is 18.1 Å². The van der Waals surface area contributed by atoms with Crippen LogP contribution in [0.15, 0.2) is 53.4 Å². The van der Waals surface area contributed by atoms with Gasteiger partial charge in [0.1, 0.15) is 5.75 Å². The molecule has 2 amide bonds. The zero-order chi connectivity index (χ0) is 16.4. The number of aromatic hydroxyl groups is 1. The molecule has 0 aliphatic carbocycles. The third-order valence-corrected chi connectivity index (χ3v) is 4.44. The molecule has 0 bridgehead atoms. The van der Waals surface area contributed by atoms with Crippen molar-refractivity contribution in [1.29, 1.82) is 0 Å². The van der Waals surface area contributed by atoms with Crippen molar-refractivity contribution in [3.05, 3.63) is 64.6 Å². The number of nitrogens with zero attached hydrogens (tertiary/aromatic N) is 1. The number of imide groups is 1. The molecule has 0 unspecified atom stereocenters. The van der Waals surface area contributed by atoms with Crippen LogP contribution < -0.4 is 4.90 Å². The van der Waals surface area contributed by atoms with E-state index in [4.69, 9.17) is 0 Å². The summed E-state index contributed by atoms with van der Waals surface area (Å²) in [7, 11) is 0. The summed E-state index contributed by atoms with van der Waals surface area (Å²) < 4.78 is 0. The minimum atomic E-state index is -0.329. The van der Waals surface area contributed by atoms with Gasteiger partial charge in [0, 0.05) is 0 Å². The van der Waals surface area contributed by atoms with Gasteiger partial charge in [-0.15, -0.1) is 0 Å². The number of anilines is 1. The van der Waals surface area contributed by atoms with E-state index in [0.29, 0.717) is 16.2 Å². The summed E-state index contributed by atoms with van der Waals surface area (Å²) in [6, 6.07) is 14.0. The maximum atomic E-state index is 12.6. The number of benzene rings is 2. The first-order valence-corrected chi connectivity index (χ1v) is 8.06. The van der Waals surface area contributed by atoms with Crippen LogP contribution in [0.5, 0.6) is 5.75 Å². The van der Waals surface area contributed by atoms with Crippen molar-refractivity contribution in [2.75, 3.05) is 4.90 Å². The van der Waals surface area contributed by atoms with Crippen LogP contribution in [0.4, 0.5) is 10.5 Å². The molecule has 2 aromatic carbocycles. The van der Waals surface area contributed by atoms with Gasteiger partial charge < -0.3 is 5.11 Å². The van der Waals surface area contributed by atoms with E-state index < -0.39 is 0 Å². The molecule has 1 saturated heterocycles. The van der Waals surface area contributed by atoms with Gasteiger partial charge in [-0.1, -0.05) is 37.3 Å². The van der Waals surface area contributed by atoms with E-state index in [9.17, 15) is 14.7 Å². The van der Waals surface area contributed by atoms with Gasteiger partial charge in [-0.05, 0) is 53.6 Å². The summed E-state index contributed by atoms with van der Waals surface area (Å²) in [5.74, 6) is -0.210. The Bertz CT molecular complexity index is 813. The molecule has 0 atom stereocenters. The molecule has 1 aliphatic heterocycles. The van der Waals surface area contributed by atoms with Crippen molar-refractivity contribution in [3.8, 4) is 5.75 Å². The highest BCUT2D eigenvalue weighted by Gasteiger charge is 2.37. The molecule has 1 fully saturated rings. The maximum Gasteiger partial charge on any atom is 0.298 e. The fourth-order valence-electron chi connectivity index (χ4n) is 2.47. The molecule has 1 aliphatic rings. The Kier molecular flexibility index (Phi) is 4.21. The lowest BCUT2D eigenvalue weighted by atomic mass is 10.1. The van der Waals surface area contributed by atoms with Gasteiger partial charge in [-0.3, -0.25) is 9.59 Å². The number of phenolic OH excluding ortho intramolecular Hbond substituents is 1. The monoisotopic (exact) mass is 325 g/mol. The summed E-state index contributed by atoms with van der Waals surface area (Å²) in [6.45, 7) is 1.99. The Morgan fingerprint density at radius 2 is 1.91 bits per heavy atom. The molecule has 1 heterocycles. The topological polar surface area (TPSA) is 57.6 Å². The molecule has 4 nitrogen and oxygen atoms in total. The summed E-state index contributed by atoms with van der Waals surface area (Å²) in [5, 5.41) is 9.20. The van der Waals surface area contributed by atoms with E-state index in [2.05, 4.69) is 0 Å². The minimum Gasteiger partial charge on any atom is -0.508 e. The quantitative estimate of drug-likeness (QED) is 0.860. The first kappa shape index (κ1) is 15.4. The van der Waals surface area contributed by atoms with Crippen LogP contribution in [0.2, 0.25) is 0 Å². The SMILES string of the molecule is CCc1ccccc1N1C(=O)S/C(=C\c2cccc(O)c2)C1=O. The summed E-state index contributed by atoms with van der Waals surface area (Å²) in [5.41, 5.74) is 2.27. The van der Waals surface area contributed by atoms with Crippen molar-refractivity contribution >= 4 is 34.7 Å². The van der Waals surface area contributed by atoms with Crippen molar-refractivity contribution in [2.24, 2.45) is 0 Å². The molecule has 2 aromatic rings. The maximum absolute atomic E-state index is 12.6. The van der Waals surface area contributed by atoms with E-state index in [1.165, 1.54) is 4.90 Å². The molecule has 23 heavy (non-hydrogen) atoms. The van der Waals surface area contributed by atoms with Crippen LogP contribution >= 0.6 is 11.8 Å². The molecule has 116 valence electrons. The van der Waals surface area contributed by atoms with E-state index in [0.717, 1.165) is 23.7 Å². The van der Waals surface area contributed by atoms with Gasteiger partial charge in [-0.2, -0.15) is 0 Å². The number of amides is 2. The number of para-hydroxylation sites is 1. The van der Waals surface area contributed by atoms with Crippen molar-refractivity contribution in [3.63, 3.8) is 0 Å². The third kappa shape index (κ3) is 3.00. The minimum absolute atomic E-state index is 0.120. The number of hydrogen-bond donors (Lipinski definition) is 1. The summed E-state index contributed by atoms with van der Waals surface area (Å²) in [6.07, 6.45) is 2.36. The second-order valence-electron chi connectivity index (χ2n) is 5.09. The molecule has 1 N–H and O–H groups in total. The molecule has 0 spiro atoms. The Hall–Kier alpha value is -2.53. The average molecular weight is 325 g/mol. The second-order valence-corrected chi connectivity index (χ2v) is 6.09. The lowest BCUT2D eigenvalue weighted by Crippen LogP contribution is -2.28. The lowest BCUT2D eigenvalue weighted by molar-refractivity contribution is -0.113. The Morgan fingerprint density at radius 1 is 1.13 bits per heavy atom. The van der Waals surface area contributed by atoms with Crippen molar-refractivity contribution in [2.45, 2.75) is 13.3 Å². The molecule has 3 rings (SSSR count). The van der Waals surface area contributed by atoms with Crippen LogP contribution in [0.25, 0.3) is 6.08 Å². The number of carbonyl (C=O) groups is 2. The third-order valence-electron chi connectivity index (χ3n) is 3.58. The van der Waals surface area contributed by atoms with Crippen LogP contribution in [-0.4, -0.2) is 16.3 Å². The Labute approximate surface area is 138 Å². The normalized spacial score (nSPS) is 16.4. The largest absolute Gasteiger partial charge is 0.508 e. The zero-order valence-corrected chi connectivity index (χ0v) is 13.3. The second kappa shape index (κ2) is 6.30. The number of rotatable bonds is 3. The molecule has 0 aromatic heterocycles. The molecule has 0 saturated carbocycles. The Balaban J connectivity index is 1.97. The number of hydrogen-bond acceptors (Lipinski definition) is 4. The highest BCUT2D eigenvalue weighted by atomic mass is 32.2. The van der Waals surface area contributed by atoms with Crippen LogP contribution in [0, 0.1) is 0 Å². The summed E-state index contributed by atoms with van der Waals surface area (Å²) >= 11 is 0.913. The molecular weight excluding hydrogens is 310 g/mol. The van der Waals surface area contributed by atoms with E-state index in [1.807, 2.05) is 25.1 Å². The predicted octanol–water partition coefficient (Wildman–Crippen LogP) is 4.20.